The van der Waals surface area contributed by atoms with Gasteiger partial charge in [0.25, 0.3) is 0 Å². The average molecular weight is 375 g/mol. The molecule has 3 rings (SSSR count). The van der Waals surface area contributed by atoms with E-state index in [1.54, 1.807) is 0 Å². The van der Waals surface area contributed by atoms with Gasteiger partial charge in [0.1, 0.15) is 0 Å². The van der Waals surface area contributed by atoms with Crippen molar-refractivity contribution in [2.75, 3.05) is 46.3 Å². The van der Waals surface area contributed by atoms with Crippen LogP contribution in [0.3, 0.4) is 0 Å². The molecule has 3 heterocycles. The molecule has 2 bridgehead atoms. The van der Waals surface area contributed by atoms with E-state index in [9.17, 15) is 0 Å². The fraction of sp³-hybridized carbons (Fsp3) is 1.00. The van der Waals surface area contributed by atoms with E-state index < -0.39 is 0 Å². The summed E-state index contributed by atoms with van der Waals surface area (Å²) >= 11 is 0. The van der Waals surface area contributed by atoms with Crippen molar-refractivity contribution >= 4 is 37.2 Å². The van der Waals surface area contributed by atoms with E-state index in [0.29, 0.717) is 0 Å². The first-order valence-corrected chi connectivity index (χ1v) is 8.49. The molecule has 3 saturated heterocycles. The second kappa shape index (κ2) is 11.3. The molecular weight excluding hydrogens is 341 g/mol. The second-order valence-electron chi connectivity index (χ2n) is 6.92. The Morgan fingerprint density at radius 3 is 1.86 bits per heavy atom. The van der Waals surface area contributed by atoms with Crippen LogP contribution < -0.4 is 0 Å². The van der Waals surface area contributed by atoms with Gasteiger partial charge in [0.2, 0.25) is 0 Å². The van der Waals surface area contributed by atoms with Gasteiger partial charge in [0.15, 0.2) is 0 Å². The third-order valence-electron chi connectivity index (χ3n) is 5.56. The van der Waals surface area contributed by atoms with Gasteiger partial charge in [-0.25, -0.2) is 0 Å². The van der Waals surface area contributed by atoms with Crippen LogP contribution in [0.5, 0.6) is 0 Å². The van der Waals surface area contributed by atoms with E-state index in [4.69, 9.17) is 0 Å². The van der Waals surface area contributed by atoms with Gasteiger partial charge in [-0.15, -0.1) is 37.2 Å². The van der Waals surface area contributed by atoms with Crippen LogP contribution in [0.1, 0.15) is 44.9 Å². The minimum atomic E-state index is 0. The maximum atomic E-state index is 2.75. The summed E-state index contributed by atoms with van der Waals surface area (Å²) in [6.45, 7) is 8.03. The van der Waals surface area contributed by atoms with Crippen LogP contribution in [-0.2, 0) is 0 Å². The number of halogens is 3. The Bertz CT molecular complexity index is 274. The number of rotatable bonds is 4. The zero-order valence-corrected chi connectivity index (χ0v) is 16.4. The van der Waals surface area contributed by atoms with Gasteiger partial charge >= 0.3 is 0 Å². The summed E-state index contributed by atoms with van der Waals surface area (Å²) in [6.07, 6.45) is 10.0. The molecule has 0 aromatic carbocycles. The molecule has 3 aliphatic heterocycles. The molecule has 3 aliphatic rings. The fourth-order valence-corrected chi connectivity index (χ4v) is 4.29. The molecule has 2 unspecified atom stereocenters. The van der Waals surface area contributed by atoms with E-state index >= 15 is 0 Å². The Hall–Kier alpha value is 0.750. The number of hydrogen-bond donors (Lipinski definition) is 0. The molecule has 134 valence electrons. The predicted molar refractivity (Wildman–Crippen MR) is 102 cm³/mol. The molecule has 0 amide bonds. The topological polar surface area (TPSA) is 9.72 Å². The molecule has 3 nitrogen and oxygen atoms in total. The first-order valence-electron chi connectivity index (χ1n) is 8.49. The summed E-state index contributed by atoms with van der Waals surface area (Å²) < 4.78 is 0. The van der Waals surface area contributed by atoms with Crippen molar-refractivity contribution in [3.05, 3.63) is 0 Å². The van der Waals surface area contributed by atoms with Gasteiger partial charge in [0, 0.05) is 25.2 Å². The fourth-order valence-electron chi connectivity index (χ4n) is 4.29. The maximum Gasteiger partial charge on any atom is 0.0223 e. The number of nitrogens with zero attached hydrogens (tertiary/aromatic N) is 3. The zero-order chi connectivity index (χ0) is 13.1. The lowest BCUT2D eigenvalue weighted by molar-refractivity contribution is 0.00852. The highest BCUT2D eigenvalue weighted by Crippen LogP contribution is 2.27. The third kappa shape index (κ3) is 5.99. The standard InChI is InChI=1S/C16H31N3.3ClH/c1-17-15-7-5-8-16(17)14-19(13-15)12-6-11-18-9-3-2-4-10-18;;;/h15-16H,2-14H2,1H3;3*1H. The number of piperazine rings is 1. The van der Waals surface area contributed by atoms with E-state index in [2.05, 4.69) is 21.7 Å². The van der Waals surface area contributed by atoms with Crippen molar-refractivity contribution in [1.82, 2.24) is 14.7 Å². The molecule has 0 aromatic rings. The van der Waals surface area contributed by atoms with Gasteiger partial charge in [0.05, 0.1) is 0 Å². The first-order chi connectivity index (χ1) is 9.33. The van der Waals surface area contributed by atoms with Crippen LogP contribution in [-0.4, -0.2) is 73.1 Å². The predicted octanol–water partition coefficient (Wildman–Crippen LogP) is 3.30. The minimum Gasteiger partial charge on any atom is -0.303 e. The lowest BCUT2D eigenvalue weighted by Crippen LogP contribution is -2.59. The zero-order valence-electron chi connectivity index (χ0n) is 13.9. The highest BCUT2D eigenvalue weighted by atomic mass is 35.5. The molecule has 0 aliphatic carbocycles. The number of likely N-dealkylation sites (tertiary alicyclic amines) is 2. The molecule has 22 heavy (non-hydrogen) atoms. The normalized spacial score (nSPS) is 29.9. The van der Waals surface area contributed by atoms with Crippen molar-refractivity contribution in [1.29, 1.82) is 0 Å². The summed E-state index contributed by atoms with van der Waals surface area (Å²) in [5, 5.41) is 0. The van der Waals surface area contributed by atoms with Crippen molar-refractivity contribution in [2.45, 2.75) is 57.0 Å². The number of fused-ring (bicyclic) bond motifs is 2. The molecule has 3 fully saturated rings. The van der Waals surface area contributed by atoms with Gasteiger partial charge in [-0.1, -0.05) is 12.8 Å². The number of hydrogen-bond acceptors (Lipinski definition) is 3. The Kier molecular flexibility index (Phi) is 11.7. The largest absolute Gasteiger partial charge is 0.303 e. The summed E-state index contributed by atoms with van der Waals surface area (Å²) in [5.41, 5.74) is 0. The summed E-state index contributed by atoms with van der Waals surface area (Å²) in [6, 6.07) is 1.70. The van der Waals surface area contributed by atoms with E-state index in [1.807, 2.05) is 0 Å². The van der Waals surface area contributed by atoms with E-state index in [0.717, 1.165) is 12.1 Å². The van der Waals surface area contributed by atoms with E-state index in [1.165, 1.54) is 84.2 Å². The van der Waals surface area contributed by atoms with Gasteiger partial charge in [-0.3, -0.25) is 4.90 Å². The Labute approximate surface area is 155 Å². The van der Waals surface area contributed by atoms with Crippen LogP contribution in [0, 0.1) is 0 Å². The molecule has 0 spiro atoms. The Morgan fingerprint density at radius 2 is 1.27 bits per heavy atom. The number of likely N-dealkylation sites (N-methyl/N-ethyl adjacent to an activating group) is 1. The average Bonchev–Trinajstić information content (AvgIpc) is 2.41. The van der Waals surface area contributed by atoms with Crippen LogP contribution in [0.25, 0.3) is 0 Å². The van der Waals surface area contributed by atoms with E-state index in [-0.39, 0.29) is 37.2 Å². The molecule has 0 N–H and O–H groups in total. The minimum absolute atomic E-state index is 0. The summed E-state index contributed by atoms with van der Waals surface area (Å²) in [4.78, 5) is 8.09. The van der Waals surface area contributed by atoms with Gasteiger partial charge < -0.3 is 9.80 Å². The van der Waals surface area contributed by atoms with Crippen LogP contribution in [0.4, 0.5) is 0 Å². The highest BCUT2D eigenvalue weighted by molar-refractivity contribution is 5.86. The van der Waals surface area contributed by atoms with Crippen LogP contribution in [0.2, 0.25) is 0 Å². The van der Waals surface area contributed by atoms with Crippen LogP contribution in [0.15, 0.2) is 0 Å². The van der Waals surface area contributed by atoms with Crippen LogP contribution >= 0.6 is 37.2 Å². The lowest BCUT2D eigenvalue weighted by Gasteiger charge is -2.48. The maximum absolute atomic E-state index is 2.75. The van der Waals surface area contributed by atoms with Gasteiger partial charge in [-0.2, -0.15) is 0 Å². The molecule has 0 radical (unpaired) electrons. The molecule has 6 heteroatoms. The summed E-state index contributed by atoms with van der Waals surface area (Å²) in [5.74, 6) is 0. The SMILES string of the molecule is CN1C2CCCC1CN(CCCN1CCCCC1)C2.Cl.Cl.Cl. The molecule has 0 saturated carbocycles. The first kappa shape index (κ1) is 22.8. The number of piperidine rings is 2. The molecular formula is C16H34Cl3N3. The van der Waals surface area contributed by atoms with Crippen molar-refractivity contribution in [3.63, 3.8) is 0 Å². The second-order valence-corrected chi connectivity index (χ2v) is 6.92. The van der Waals surface area contributed by atoms with Crippen molar-refractivity contribution in [3.8, 4) is 0 Å². The monoisotopic (exact) mass is 373 g/mol. The summed E-state index contributed by atoms with van der Waals surface area (Å²) in [7, 11) is 2.35. The Morgan fingerprint density at radius 1 is 0.727 bits per heavy atom. The molecule has 0 aromatic heterocycles. The lowest BCUT2D eigenvalue weighted by atomic mass is 9.92. The Balaban J connectivity index is 0.00000147. The highest BCUT2D eigenvalue weighted by Gasteiger charge is 2.34. The quantitative estimate of drug-likeness (QED) is 0.747. The molecule has 2 atom stereocenters. The smallest absolute Gasteiger partial charge is 0.0223 e. The third-order valence-corrected chi connectivity index (χ3v) is 5.56. The van der Waals surface area contributed by atoms with Crippen molar-refractivity contribution in [2.24, 2.45) is 0 Å². The van der Waals surface area contributed by atoms with Gasteiger partial charge in [-0.05, 0) is 65.3 Å². The van der Waals surface area contributed by atoms with Crippen molar-refractivity contribution < 1.29 is 0 Å².